The fourth-order valence-corrected chi connectivity index (χ4v) is 4.43. The first-order valence-electron chi connectivity index (χ1n) is 6.71. The highest BCUT2D eigenvalue weighted by atomic mass is 79.9. The van der Waals surface area contributed by atoms with Gasteiger partial charge >= 0.3 is 0 Å². The summed E-state index contributed by atoms with van der Waals surface area (Å²) in [5.41, 5.74) is 0.885. The highest BCUT2D eigenvalue weighted by Crippen LogP contribution is 2.26. The summed E-state index contributed by atoms with van der Waals surface area (Å²) in [4.78, 5) is 0.212. The largest absolute Gasteiger partial charge is 0.244 e. The first kappa shape index (κ1) is 16.7. The minimum absolute atomic E-state index is 0.149. The van der Waals surface area contributed by atoms with Crippen LogP contribution in [0, 0.1) is 11.3 Å². The van der Waals surface area contributed by atoms with Gasteiger partial charge in [-0.05, 0) is 33.6 Å². The first-order valence-corrected chi connectivity index (χ1v) is 8.94. The number of hydrogen-bond donors (Lipinski definition) is 0. The zero-order chi connectivity index (χ0) is 16.0. The van der Waals surface area contributed by atoms with Gasteiger partial charge in [-0.25, -0.2) is 8.42 Å². The third kappa shape index (κ3) is 3.95. The van der Waals surface area contributed by atoms with Crippen molar-refractivity contribution in [2.24, 2.45) is 0 Å². The fraction of sp³-hybridized carbons (Fsp3) is 0.188. The minimum atomic E-state index is -3.67. The standard InChI is InChI=1S/C16H15BrN2O2S/c17-15-9-4-5-10-16(15)22(20,21)19(12-6-11-18)13-14-7-2-1-3-8-14/h1-5,7-10H,6,12-13H2. The molecule has 0 radical (unpaired) electrons. The molecule has 6 heteroatoms. The summed E-state index contributed by atoms with van der Waals surface area (Å²) < 4.78 is 27.6. The molecule has 0 spiro atoms. The molecule has 0 bridgehead atoms. The zero-order valence-corrected chi connectivity index (χ0v) is 14.2. The van der Waals surface area contributed by atoms with Crippen molar-refractivity contribution in [1.82, 2.24) is 4.31 Å². The lowest BCUT2D eigenvalue weighted by molar-refractivity contribution is 0.413. The maximum Gasteiger partial charge on any atom is 0.244 e. The third-order valence-electron chi connectivity index (χ3n) is 3.13. The molecule has 0 fully saturated rings. The van der Waals surface area contributed by atoms with Crippen LogP contribution in [-0.4, -0.2) is 19.3 Å². The van der Waals surface area contributed by atoms with E-state index in [9.17, 15) is 8.42 Å². The van der Waals surface area contributed by atoms with Crippen molar-refractivity contribution >= 4 is 26.0 Å². The van der Waals surface area contributed by atoms with E-state index in [0.29, 0.717) is 4.47 Å². The highest BCUT2D eigenvalue weighted by molar-refractivity contribution is 9.10. The van der Waals surface area contributed by atoms with E-state index < -0.39 is 10.0 Å². The van der Waals surface area contributed by atoms with Gasteiger partial charge in [0.1, 0.15) is 0 Å². The van der Waals surface area contributed by atoms with Gasteiger partial charge in [-0.15, -0.1) is 0 Å². The smallest absolute Gasteiger partial charge is 0.207 e. The van der Waals surface area contributed by atoms with Crippen molar-refractivity contribution in [2.75, 3.05) is 6.54 Å². The van der Waals surface area contributed by atoms with Gasteiger partial charge in [-0.2, -0.15) is 9.57 Å². The Labute approximate surface area is 139 Å². The predicted octanol–water partition coefficient (Wildman–Crippen LogP) is 3.55. The van der Waals surface area contributed by atoms with Crippen molar-refractivity contribution in [3.05, 3.63) is 64.6 Å². The van der Waals surface area contributed by atoms with Crippen LogP contribution in [0.5, 0.6) is 0 Å². The summed E-state index contributed by atoms with van der Waals surface area (Å²) in [6.07, 6.45) is 0.149. The molecule has 0 N–H and O–H groups in total. The number of sulfonamides is 1. The summed E-state index contributed by atoms with van der Waals surface area (Å²) in [5.74, 6) is 0. The highest BCUT2D eigenvalue weighted by Gasteiger charge is 2.26. The Morgan fingerprint density at radius 3 is 2.32 bits per heavy atom. The molecular weight excluding hydrogens is 364 g/mol. The van der Waals surface area contributed by atoms with Gasteiger partial charge in [0, 0.05) is 24.0 Å². The second-order valence-electron chi connectivity index (χ2n) is 4.66. The maximum absolute atomic E-state index is 12.8. The lowest BCUT2D eigenvalue weighted by Crippen LogP contribution is -2.31. The summed E-state index contributed by atoms with van der Waals surface area (Å²) in [6.45, 7) is 0.404. The van der Waals surface area contributed by atoms with E-state index in [0.717, 1.165) is 5.56 Å². The minimum Gasteiger partial charge on any atom is -0.207 e. The predicted molar refractivity (Wildman–Crippen MR) is 88.4 cm³/mol. The molecule has 0 saturated heterocycles. The molecule has 0 atom stereocenters. The fourth-order valence-electron chi connectivity index (χ4n) is 2.04. The Morgan fingerprint density at radius 1 is 1.05 bits per heavy atom. The molecule has 0 aliphatic rings. The van der Waals surface area contributed by atoms with E-state index in [4.69, 9.17) is 5.26 Å². The van der Waals surface area contributed by atoms with Crippen molar-refractivity contribution in [2.45, 2.75) is 17.9 Å². The lowest BCUT2D eigenvalue weighted by atomic mass is 10.2. The van der Waals surface area contributed by atoms with Gasteiger partial charge < -0.3 is 0 Å². The van der Waals surface area contributed by atoms with E-state index in [2.05, 4.69) is 15.9 Å². The Balaban J connectivity index is 2.36. The molecule has 0 amide bonds. The van der Waals surface area contributed by atoms with Crippen LogP contribution in [0.2, 0.25) is 0 Å². The monoisotopic (exact) mass is 378 g/mol. The van der Waals surface area contributed by atoms with Crippen molar-refractivity contribution in [1.29, 1.82) is 5.26 Å². The number of hydrogen-bond acceptors (Lipinski definition) is 3. The topological polar surface area (TPSA) is 61.2 Å². The van der Waals surface area contributed by atoms with Crippen LogP contribution in [-0.2, 0) is 16.6 Å². The van der Waals surface area contributed by atoms with Gasteiger partial charge in [0.15, 0.2) is 0 Å². The molecule has 0 aromatic heterocycles. The van der Waals surface area contributed by atoms with Crippen LogP contribution in [0.25, 0.3) is 0 Å². The molecule has 2 rings (SSSR count). The Hall–Kier alpha value is -1.68. The second-order valence-corrected chi connectivity index (χ2v) is 7.42. The van der Waals surface area contributed by atoms with Gasteiger partial charge in [0.05, 0.1) is 11.0 Å². The Bertz CT molecular complexity index is 770. The third-order valence-corrected chi connectivity index (χ3v) is 5.99. The first-order chi connectivity index (χ1) is 10.6. The number of halogens is 1. The summed E-state index contributed by atoms with van der Waals surface area (Å²) in [7, 11) is -3.67. The SMILES string of the molecule is N#CCCN(Cc1ccccc1)S(=O)(=O)c1ccccc1Br. The lowest BCUT2D eigenvalue weighted by Gasteiger charge is -2.22. The molecule has 0 unspecified atom stereocenters. The molecule has 22 heavy (non-hydrogen) atoms. The van der Waals surface area contributed by atoms with Gasteiger partial charge in [-0.1, -0.05) is 42.5 Å². The average Bonchev–Trinajstić information content (AvgIpc) is 2.52. The van der Waals surface area contributed by atoms with Crippen LogP contribution in [0.1, 0.15) is 12.0 Å². The molecule has 114 valence electrons. The van der Waals surface area contributed by atoms with Gasteiger partial charge in [0.2, 0.25) is 10.0 Å². The molecule has 0 aliphatic heterocycles. The van der Waals surface area contributed by atoms with E-state index in [1.807, 2.05) is 36.4 Å². The zero-order valence-electron chi connectivity index (χ0n) is 11.8. The maximum atomic E-state index is 12.8. The summed E-state index contributed by atoms with van der Waals surface area (Å²) in [6, 6.07) is 18.1. The van der Waals surface area contributed by atoms with E-state index in [-0.39, 0.29) is 24.4 Å². The molecule has 4 nitrogen and oxygen atoms in total. The number of nitriles is 1. The number of nitrogens with zero attached hydrogens (tertiary/aromatic N) is 2. The summed E-state index contributed by atoms with van der Waals surface area (Å²) >= 11 is 3.28. The number of benzene rings is 2. The number of rotatable bonds is 6. The quantitative estimate of drug-likeness (QED) is 0.771. The average molecular weight is 379 g/mol. The van der Waals surface area contributed by atoms with Crippen molar-refractivity contribution in [3.63, 3.8) is 0 Å². The van der Waals surface area contributed by atoms with Crippen LogP contribution in [0.3, 0.4) is 0 Å². The normalized spacial score (nSPS) is 11.3. The van der Waals surface area contributed by atoms with Crippen molar-refractivity contribution in [3.8, 4) is 6.07 Å². The van der Waals surface area contributed by atoms with Crippen LogP contribution in [0.15, 0.2) is 64.0 Å². The van der Waals surface area contributed by atoms with Crippen LogP contribution < -0.4 is 0 Å². The molecule has 0 heterocycles. The van der Waals surface area contributed by atoms with Crippen LogP contribution >= 0.6 is 15.9 Å². The Kier molecular flexibility index (Phi) is 5.72. The molecule has 0 aliphatic carbocycles. The molecule has 2 aromatic rings. The molecule has 2 aromatic carbocycles. The van der Waals surface area contributed by atoms with E-state index in [1.54, 1.807) is 24.3 Å². The van der Waals surface area contributed by atoms with Crippen molar-refractivity contribution < 1.29 is 8.42 Å². The summed E-state index contributed by atoms with van der Waals surface area (Å²) in [5, 5.41) is 8.79. The van der Waals surface area contributed by atoms with Crippen LogP contribution in [0.4, 0.5) is 0 Å². The Morgan fingerprint density at radius 2 is 1.68 bits per heavy atom. The molecule has 0 saturated carbocycles. The van der Waals surface area contributed by atoms with E-state index in [1.165, 1.54) is 4.31 Å². The van der Waals surface area contributed by atoms with Gasteiger partial charge in [-0.3, -0.25) is 0 Å². The van der Waals surface area contributed by atoms with E-state index >= 15 is 0 Å². The van der Waals surface area contributed by atoms with Gasteiger partial charge in [0.25, 0.3) is 0 Å². The second kappa shape index (κ2) is 7.54. The molecular formula is C16H15BrN2O2S.